The molecule has 0 amide bonds. The van der Waals surface area contributed by atoms with Gasteiger partial charge in [0, 0.05) is 24.2 Å². The number of fused-ring (bicyclic) bond motifs is 1. The van der Waals surface area contributed by atoms with Crippen molar-refractivity contribution in [2.45, 2.75) is 19.3 Å². The summed E-state index contributed by atoms with van der Waals surface area (Å²) in [6.45, 7) is 2.16. The number of anilines is 1. The van der Waals surface area contributed by atoms with E-state index in [4.69, 9.17) is 12.2 Å². The third kappa shape index (κ3) is 2.71. The quantitative estimate of drug-likeness (QED) is 0.788. The second-order valence-electron chi connectivity index (χ2n) is 5.00. The fourth-order valence-electron chi connectivity index (χ4n) is 2.63. The zero-order chi connectivity index (χ0) is 13.1. The maximum atomic E-state index is 5.53. The maximum absolute atomic E-state index is 5.53. The van der Waals surface area contributed by atoms with Crippen LogP contribution in [0.3, 0.4) is 0 Å². The van der Waals surface area contributed by atoms with Gasteiger partial charge < -0.3 is 10.2 Å². The maximum Gasteiger partial charge on any atom is 0.173 e. The molecule has 1 saturated heterocycles. The van der Waals surface area contributed by atoms with Crippen LogP contribution in [0, 0.1) is 0 Å². The number of benzene rings is 2. The lowest BCUT2D eigenvalue weighted by atomic mass is 10.1. The first-order chi connectivity index (χ1) is 9.34. The lowest BCUT2D eigenvalue weighted by Crippen LogP contribution is -2.38. The molecule has 2 nitrogen and oxygen atoms in total. The number of hydrogen-bond donors (Lipinski definition) is 1. The van der Waals surface area contributed by atoms with Gasteiger partial charge in [-0.3, -0.25) is 0 Å². The summed E-state index contributed by atoms with van der Waals surface area (Å²) in [6.07, 6.45) is 3.82. The summed E-state index contributed by atoms with van der Waals surface area (Å²) in [5.41, 5.74) is 1.11. The zero-order valence-electron chi connectivity index (χ0n) is 10.9. The fourth-order valence-corrected chi connectivity index (χ4v) is 2.92. The molecular formula is C16H18N2S. The van der Waals surface area contributed by atoms with Gasteiger partial charge in [0.1, 0.15) is 0 Å². The van der Waals surface area contributed by atoms with Gasteiger partial charge in [0.25, 0.3) is 0 Å². The van der Waals surface area contributed by atoms with Crippen molar-refractivity contribution in [3.8, 4) is 0 Å². The average molecular weight is 270 g/mol. The molecule has 0 saturated carbocycles. The number of thiocarbonyl (C=S) groups is 1. The molecule has 1 fully saturated rings. The van der Waals surface area contributed by atoms with E-state index in [2.05, 4.69) is 52.7 Å². The largest absolute Gasteiger partial charge is 0.349 e. The van der Waals surface area contributed by atoms with Crippen LogP contribution in [0.2, 0.25) is 0 Å². The number of nitrogens with one attached hydrogen (secondary N) is 1. The van der Waals surface area contributed by atoms with Crippen LogP contribution >= 0.6 is 12.2 Å². The second kappa shape index (κ2) is 5.57. The Balaban J connectivity index is 1.82. The van der Waals surface area contributed by atoms with Crippen molar-refractivity contribution >= 4 is 33.8 Å². The summed E-state index contributed by atoms with van der Waals surface area (Å²) in [5.74, 6) is 0. The minimum absolute atomic E-state index is 0.857. The molecule has 1 aliphatic rings. The number of likely N-dealkylation sites (tertiary alicyclic amines) is 1. The normalized spacial score (nSPS) is 15.5. The van der Waals surface area contributed by atoms with Gasteiger partial charge in [-0.15, -0.1) is 0 Å². The number of rotatable bonds is 1. The van der Waals surface area contributed by atoms with E-state index in [0.29, 0.717) is 0 Å². The molecule has 3 rings (SSSR count). The van der Waals surface area contributed by atoms with E-state index < -0.39 is 0 Å². The van der Waals surface area contributed by atoms with Crippen LogP contribution in [0.5, 0.6) is 0 Å². The van der Waals surface area contributed by atoms with Gasteiger partial charge in [0.05, 0.1) is 0 Å². The Bertz CT molecular complexity index is 583. The van der Waals surface area contributed by atoms with Crippen molar-refractivity contribution in [3.05, 3.63) is 42.5 Å². The van der Waals surface area contributed by atoms with Gasteiger partial charge in [-0.05, 0) is 42.9 Å². The Morgan fingerprint density at radius 2 is 1.68 bits per heavy atom. The molecule has 0 spiro atoms. The minimum Gasteiger partial charge on any atom is -0.349 e. The first kappa shape index (κ1) is 12.4. The molecule has 2 aromatic rings. The highest BCUT2D eigenvalue weighted by Crippen LogP contribution is 2.23. The number of nitrogens with zero attached hydrogens (tertiary/aromatic N) is 1. The third-order valence-corrected chi connectivity index (χ3v) is 4.03. The van der Waals surface area contributed by atoms with Crippen molar-refractivity contribution < 1.29 is 0 Å². The van der Waals surface area contributed by atoms with Crippen molar-refractivity contribution in [3.63, 3.8) is 0 Å². The standard InChI is InChI=1S/C16H18N2S/c19-16(18-11-4-1-5-12-18)17-15-10-6-8-13-7-2-3-9-14(13)15/h2-3,6-10H,1,4-5,11-12H2,(H,17,19). The van der Waals surface area contributed by atoms with E-state index in [0.717, 1.165) is 23.9 Å². The summed E-state index contributed by atoms with van der Waals surface area (Å²) in [7, 11) is 0. The average Bonchev–Trinajstić information content (AvgIpc) is 2.48. The third-order valence-electron chi connectivity index (χ3n) is 3.67. The van der Waals surface area contributed by atoms with Crippen LogP contribution in [0.4, 0.5) is 5.69 Å². The van der Waals surface area contributed by atoms with Crippen LogP contribution in [0.1, 0.15) is 19.3 Å². The lowest BCUT2D eigenvalue weighted by Gasteiger charge is -2.29. The Morgan fingerprint density at radius 1 is 0.947 bits per heavy atom. The number of hydrogen-bond acceptors (Lipinski definition) is 1. The van der Waals surface area contributed by atoms with Crippen LogP contribution in [0.15, 0.2) is 42.5 Å². The monoisotopic (exact) mass is 270 g/mol. The summed E-state index contributed by atoms with van der Waals surface area (Å²) >= 11 is 5.53. The molecule has 1 N–H and O–H groups in total. The van der Waals surface area contributed by atoms with Crippen molar-refractivity contribution in [1.82, 2.24) is 4.90 Å². The topological polar surface area (TPSA) is 15.3 Å². The van der Waals surface area contributed by atoms with Crippen molar-refractivity contribution in [2.75, 3.05) is 18.4 Å². The van der Waals surface area contributed by atoms with E-state index in [1.165, 1.54) is 30.0 Å². The molecule has 0 radical (unpaired) electrons. The highest BCUT2D eigenvalue weighted by atomic mass is 32.1. The Labute approximate surface area is 119 Å². The Hall–Kier alpha value is -1.61. The summed E-state index contributed by atoms with van der Waals surface area (Å²) < 4.78 is 0. The van der Waals surface area contributed by atoms with E-state index >= 15 is 0 Å². The molecule has 19 heavy (non-hydrogen) atoms. The molecule has 0 atom stereocenters. The second-order valence-corrected chi connectivity index (χ2v) is 5.39. The Morgan fingerprint density at radius 3 is 2.53 bits per heavy atom. The van der Waals surface area contributed by atoms with Gasteiger partial charge in [0.2, 0.25) is 0 Å². The smallest absolute Gasteiger partial charge is 0.173 e. The first-order valence-electron chi connectivity index (χ1n) is 6.88. The highest BCUT2D eigenvalue weighted by molar-refractivity contribution is 7.80. The van der Waals surface area contributed by atoms with E-state index in [1.807, 2.05) is 0 Å². The van der Waals surface area contributed by atoms with Gasteiger partial charge in [-0.25, -0.2) is 0 Å². The number of piperidine rings is 1. The lowest BCUT2D eigenvalue weighted by molar-refractivity contribution is 0.346. The van der Waals surface area contributed by atoms with Crippen LogP contribution in [0.25, 0.3) is 10.8 Å². The predicted molar refractivity (Wildman–Crippen MR) is 85.6 cm³/mol. The van der Waals surface area contributed by atoms with Crippen molar-refractivity contribution in [1.29, 1.82) is 0 Å². The van der Waals surface area contributed by atoms with E-state index in [9.17, 15) is 0 Å². The fraction of sp³-hybridized carbons (Fsp3) is 0.312. The molecule has 0 unspecified atom stereocenters. The SMILES string of the molecule is S=C(Nc1cccc2ccccc12)N1CCCCC1. The molecule has 2 aromatic carbocycles. The molecule has 0 aromatic heterocycles. The van der Waals surface area contributed by atoms with Gasteiger partial charge in [-0.1, -0.05) is 36.4 Å². The molecule has 1 aliphatic heterocycles. The Kier molecular flexibility index (Phi) is 3.65. The highest BCUT2D eigenvalue weighted by Gasteiger charge is 2.13. The molecule has 0 bridgehead atoms. The predicted octanol–water partition coefficient (Wildman–Crippen LogP) is 4.02. The summed E-state index contributed by atoms with van der Waals surface area (Å²) in [4.78, 5) is 2.28. The first-order valence-corrected chi connectivity index (χ1v) is 7.29. The summed E-state index contributed by atoms with van der Waals surface area (Å²) in [6, 6.07) is 14.7. The zero-order valence-corrected chi connectivity index (χ0v) is 11.7. The molecule has 0 aliphatic carbocycles. The molecule has 3 heteroatoms. The van der Waals surface area contributed by atoms with Crippen LogP contribution in [-0.2, 0) is 0 Å². The van der Waals surface area contributed by atoms with Crippen LogP contribution in [-0.4, -0.2) is 23.1 Å². The van der Waals surface area contributed by atoms with E-state index in [1.54, 1.807) is 0 Å². The molecule has 1 heterocycles. The molecule has 98 valence electrons. The van der Waals surface area contributed by atoms with Gasteiger partial charge in [-0.2, -0.15) is 0 Å². The van der Waals surface area contributed by atoms with Crippen molar-refractivity contribution in [2.24, 2.45) is 0 Å². The minimum atomic E-state index is 0.857. The van der Waals surface area contributed by atoms with Gasteiger partial charge >= 0.3 is 0 Å². The van der Waals surface area contributed by atoms with E-state index in [-0.39, 0.29) is 0 Å². The van der Waals surface area contributed by atoms with Gasteiger partial charge in [0.15, 0.2) is 5.11 Å². The molecular weight excluding hydrogens is 252 g/mol. The van der Waals surface area contributed by atoms with Crippen LogP contribution < -0.4 is 5.32 Å². The summed E-state index contributed by atoms with van der Waals surface area (Å²) in [5, 5.41) is 6.74.